The van der Waals surface area contributed by atoms with E-state index in [1.54, 1.807) is 0 Å². The lowest BCUT2D eigenvalue weighted by Crippen LogP contribution is -2.07. The first-order chi connectivity index (χ1) is 4.68. The van der Waals surface area contributed by atoms with Gasteiger partial charge < -0.3 is 0 Å². The normalized spacial score (nSPS) is 16.8. The van der Waals surface area contributed by atoms with Crippen LogP contribution in [0.2, 0.25) is 0 Å². The topological polar surface area (TPSA) is 0 Å². The van der Waals surface area contributed by atoms with Crippen LogP contribution in [0.5, 0.6) is 0 Å². The summed E-state index contributed by atoms with van der Waals surface area (Å²) in [5, 5.41) is 0. The Kier molecular flexibility index (Phi) is 7.08. The van der Waals surface area contributed by atoms with Gasteiger partial charge in [0.1, 0.15) is 0 Å². The van der Waals surface area contributed by atoms with Crippen LogP contribution in [0.15, 0.2) is 0 Å². The number of alkyl halides is 1. The molecule has 0 aromatic heterocycles. The zero-order valence-corrected chi connectivity index (χ0v) is 9.46. The Morgan fingerprint density at radius 2 is 2.00 bits per heavy atom. The Morgan fingerprint density at radius 1 is 1.40 bits per heavy atom. The molecule has 62 valence electrons. The fraction of sp³-hybridized carbons (Fsp3) is 1.00. The molecular weight excluding hydrogens is 208 g/mol. The lowest BCUT2D eigenvalue weighted by atomic mass is 10.1. The van der Waals surface area contributed by atoms with Crippen LogP contribution in [0.25, 0.3) is 0 Å². The fourth-order valence-electron chi connectivity index (χ4n) is 0.643. The number of halogens is 1. The second-order valence-corrected chi connectivity index (χ2v) is 5.48. The highest BCUT2D eigenvalue weighted by molar-refractivity contribution is 9.09. The van der Waals surface area contributed by atoms with E-state index in [4.69, 9.17) is 0 Å². The minimum absolute atomic E-state index is 0.671. The van der Waals surface area contributed by atoms with E-state index in [0.29, 0.717) is 4.83 Å². The van der Waals surface area contributed by atoms with Crippen LogP contribution in [0, 0.1) is 5.92 Å². The van der Waals surface area contributed by atoms with Crippen LogP contribution in [-0.4, -0.2) is 16.3 Å². The first-order valence-corrected chi connectivity index (χ1v) is 5.97. The van der Waals surface area contributed by atoms with Crippen molar-refractivity contribution in [3.05, 3.63) is 0 Å². The van der Waals surface area contributed by atoms with Crippen LogP contribution in [0.1, 0.15) is 27.2 Å². The Morgan fingerprint density at radius 3 is 2.40 bits per heavy atom. The Balaban J connectivity index is 3.13. The number of hydrogen-bond donors (Lipinski definition) is 0. The van der Waals surface area contributed by atoms with E-state index in [0.717, 1.165) is 5.92 Å². The second kappa shape index (κ2) is 6.53. The Hall–Kier alpha value is 0.830. The van der Waals surface area contributed by atoms with Crippen molar-refractivity contribution < 1.29 is 0 Å². The molecule has 0 aliphatic rings. The van der Waals surface area contributed by atoms with Crippen LogP contribution in [-0.2, 0) is 0 Å². The van der Waals surface area contributed by atoms with Crippen LogP contribution >= 0.6 is 27.7 Å². The van der Waals surface area contributed by atoms with E-state index in [-0.39, 0.29) is 0 Å². The quantitative estimate of drug-likeness (QED) is 0.509. The molecule has 0 spiro atoms. The van der Waals surface area contributed by atoms with E-state index in [2.05, 4.69) is 36.7 Å². The summed E-state index contributed by atoms with van der Waals surface area (Å²) in [5.74, 6) is 3.39. The predicted molar refractivity (Wildman–Crippen MR) is 55.2 cm³/mol. The van der Waals surface area contributed by atoms with Gasteiger partial charge in [0.15, 0.2) is 0 Å². The third kappa shape index (κ3) is 5.60. The highest BCUT2D eigenvalue weighted by Crippen LogP contribution is 2.17. The Bertz CT molecular complexity index is 73.7. The van der Waals surface area contributed by atoms with Crippen molar-refractivity contribution in [3.63, 3.8) is 0 Å². The van der Waals surface area contributed by atoms with Crippen LogP contribution in [0.3, 0.4) is 0 Å². The molecule has 2 heteroatoms. The molecule has 0 saturated heterocycles. The highest BCUT2D eigenvalue weighted by Gasteiger charge is 2.06. The van der Waals surface area contributed by atoms with E-state index < -0.39 is 0 Å². The molecule has 0 fully saturated rings. The summed E-state index contributed by atoms with van der Waals surface area (Å²) in [7, 11) is 0. The molecule has 0 aromatic rings. The average molecular weight is 225 g/mol. The van der Waals surface area contributed by atoms with E-state index >= 15 is 0 Å². The first-order valence-electron chi connectivity index (χ1n) is 3.90. The van der Waals surface area contributed by atoms with Gasteiger partial charge in [-0.05, 0) is 23.8 Å². The highest BCUT2D eigenvalue weighted by atomic mass is 79.9. The molecule has 0 heterocycles. The average Bonchev–Trinajstić information content (AvgIpc) is 1.88. The summed E-state index contributed by atoms with van der Waals surface area (Å²) in [6, 6.07) is 0. The molecule has 10 heavy (non-hydrogen) atoms. The summed E-state index contributed by atoms with van der Waals surface area (Å²) in [4.78, 5) is 0.671. The fourth-order valence-corrected chi connectivity index (χ4v) is 1.73. The van der Waals surface area contributed by atoms with Crippen molar-refractivity contribution in [3.8, 4) is 0 Å². The largest absolute Gasteiger partial charge is 0.162 e. The third-order valence-corrected chi connectivity index (χ3v) is 3.54. The first kappa shape index (κ1) is 10.8. The Labute approximate surface area is 77.3 Å². The molecule has 0 N–H and O–H groups in total. The van der Waals surface area contributed by atoms with Crippen molar-refractivity contribution >= 4 is 27.7 Å². The SMILES string of the molecule is CCSCCC(C)C(C)Br. The smallest absolute Gasteiger partial charge is 0.0143 e. The molecule has 2 atom stereocenters. The van der Waals surface area contributed by atoms with Crippen molar-refractivity contribution in [2.75, 3.05) is 11.5 Å². The molecule has 0 bridgehead atoms. The monoisotopic (exact) mass is 224 g/mol. The van der Waals surface area contributed by atoms with Gasteiger partial charge in [-0.15, -0.1) is 0 Å². The molecule has 0 saturated carbocycles. The molecule has 0 nitrogen and oxygen atoms in total. The van der Waals surface area contributed by atoms with E-state index in [1.165, 1.54) is 17.9 Å². The maximum absolute atomic E-state index is 3.58. The maximum atomic E-state index is 3.58. The summed E-state index contributed by atoms with van der Waals surface area (Å²) in [6.07, 6.45) is 1.34. The maximum Gasteiger partial charge on any atom is 0.0143 e. The number of hydrogen-bond acceptors (Lipinski definition) is 1. The van der Waals surface area contributed by atoms with Crippen molar-refractivity contribution in [1.29, 1.82) is 0 Å². The summed E-state index contributed by atoms with van der Waals surface area (Å²) >= 11 is 5.62. The second-order valence-electron chi connectivity index (χ2n) is 2.64. The number of thioether (sulfide) groups is 1. The lowest BCUT2D eigenvalue weighted by Gasteiger charge is -2.12. The minimum Gasteiger partial charge on any atom is -0.162 e. The van der Waals surface area contributed by atoms with E-state index in [9.17, 15) is 0 Å². The minimum atomic E-state index is 0.671. The molecule has 0 aromatic carbocycles. The van der Waals surface area contributed by atoms with Gasteiger partial charge in [-0.3, -0.25) is 0 Å². The van der Waals surface area contributed by atoms with Crippen molar-refractivity contribution in [2.45, 2.75) is 32.0 Å². The third-order valence-electron chi connectivity index (χ3n) is 1.71. The van der Waals surface area contributed by atoms with Crippen molar-refractivity contribution in [2.24, 2.45) is 5.92 Å². The molecule has 0 radical (unpaired) electrons. The lowest BCUT2D eigenvalue weighted by molar-refractivity contribution is 0.569. The van der Waals surface area contributed by atoms with Gasteiger partial charge in [0, 0.05) is 4.83 Å². The zero-order valence-electron chi connectivity index (χ0n) is 7.06. The van der Waals surface area contributed by atoms with Gasteiger partial charge in [-0.25, -0.2) is 0 Å². The molecule has 0 rings (SSSR count). The van der Waals surface area contributed by atoms with Gasteiger partial charge in [-0.2, -0.15) is 11.8 Å². The molecule has 2 unspecified atom stereocenters. The van der Waals surface area contributed by atoms with Crippen molar-refractivity contribution in [1.82, 2.24) is 0 Å². The van der Waals surface area contributed by atoms with E-state index in [1.807, 2.05) is 11.8 Å². The van der Waals surface area contributed by atoms with Gasteiger partial charge in [-0.1, -0.05) is 36.7 Å². The molecular formula is C8H17BrS. The van der Waals surface area contributed by atoms with Gasteiger partial charge in [0.2, 0.25) is 0 Å². The van der Waals surface area contributed by atoms with Gasteiger partial charge in [0.05, 0.1) is 0 Å². The standard InChI is InChI=1S/C8H17BrS/c1-4-10-6-5-7(2)8(3)9/h7-8H,4-6H2,1-3H3. The molecule has 0 aliphatic carbocycles. The van der Waals surface area contributed by atoms with Gasteiger partial charge >= 0.3 is 0 Å². The molecule has 0 aliphatic heterocycles. The number of rotatable bonds is 5. The molecule has 0 amide bonds. The predicted octanol–water partition coefficient (Wildman–Crippen LogP) is 3.55. The van der Waals surface area contributed by atoms with Gasteiger partial charge in [0.25, 0.3) is 0 Å². The summed E-state index contributed by atoms with van der Waals surface area (Å²) < 4.78 is 0. The zero-order chi connectivity index (χ0) is 7.98. The summed E-state index contributed by atoms with van der Waals surface area (Å²) in [5.41, 5.74) is 0. The summed E-state index contributed by atoms with van der Waals surface area (Å²) in [6.45, 7) is 6.74. The van der Waals surface area contributed by atoms with Crippen LogP contribution < -0.4 is 0 Å². The van der Waals surface area contributed by atoms with Crippen LogP contribution in [0.4, 0.5) is 0 Å².